The number of aliphatic hydroxyl groups is 1. The third-order valence-electron chi connectivity index (χ3n) is 8.30. The average Bonchev–Trinajstić information content (AvgIpc) is 3.01. The Morgan fingerprint density at radius 1 is 0.974 bits per heavy atom. The van der Waals surface area contributed by atoms with Crippen LogP contribution in [0.15, 0.2) is 23.8 Å². The van der Waals surface area contributed by atoms with Crippen molar-refractivity contribution in [2.75, 3.05) is 0 Å². The van der Waals surface area contributed by atoms with Gasteiger partial charge in [-0.25, -0.2) is 0 Å². The topological polar surface area (TPSA) is 152 Å². The number of esters is 5. The number of fused-ring (bicyclic) bond motifs is 2. The summed E-state index contributed by atoms with van der Waals surface area (Å²) in [6, 6.07) is 0. The molecule has 1 aliphatic heterocycles. The molecule has 0 bridgehead atoms. The van der Waals surface area contributed by atoms with Gasteiger partial charge in [-0.15, -0.1) is 0 Å². The predicted octanol–water partition coefficient (Wildman–Crippen LogP) is 2.33. The minimum absolute atomic E-state index is 0.0546. The van der Waals surface area contributed by atoms with Crippen molar-refractivity contribution < 1.29 is 52.8 Å². The SMILES string of the molecule is C=C1CC[C@H](OC(C)=O)[C@]2(C)[C@@H](OC(C)=O)C[C@@H](OC(C)=O)/C(C)=C\[C@@H]3OC(=O)[C@H](C)[C@]3(O)[C@@H](OC(C)=O)[C@@H]12. The number of carbonyl (C=O) groups excluding carboxylic acids is 5. The first-order valence-corrected chi connectivity index (χ1v) is 13.0. The summed E-state index contributed by atoms with van der Waals surface area (Å²) in [6.45, 7) is 13.9. The number of hydrogen-bond acceptors (Lipinski definition) is 11. The maximum absolute atomic E-state index is 12.9. The van der Waals surface area contributed by atoms with Gasteiger partial charge in [0.25, 0.3) is 0 Å². The van der Waals surface area contributed by atoms with Gasteiger partial charge in [0, 0.05) is 40.0 Å². The van der Waals surface area contributed by atoms with Gasteiger partial charge < -0.3 is 28.8 Å². The second kappa shape index (κ2) is 11.1. The zero-order chi connectivity index (χ0) is 29.4. The van der Waals surface area contributed by atoms with Crippen LogP contribution >= 0.6 is 0 Å². The molecule has 216 valence electrons. The summed E-state index contributed by atoms with van der Waals surface area (Å²) in [5.41, 5.74) is -2.51. The van der Waals surface area contributed by atoms with E-state index in [4.69, 9.17) is 23.7 Å². The van der Waals surface area contributed by atoms with Gasteiger partial charge in [-0.05, 0) is 38.3 Å². The van der Waals surface area contributed by atoms with E-state index in [0.29, 0.717) is 24.0 Å². The lowest BCUT2D eigenvalue weighted by atomic mass is 9.54. The minimum atomic E-state index is -2.10. The van der Waals surface area contributed by atoms with Crippen molar-refractivity contribution in [1.29, 1.82) is 0 Å². The third kappa shape index (κ3) is 5.59. The molecule has 11 heteroatoms. The Balaban J connectivity index is 2.41. The molecule has 1 N–H and O–H groups in total. The second-order valence-electron chi connectivity index (χ2n) is 11.0. The fraction of sp³-hybridized carbons (Fsp3) is 0.679. The number of carbonyl (C=O) groups is 5. The molecule has 0 amide bonds. The Bertz CT molecular complexity index is 1090. The van der Waals surface area contributed by atoms with Gasteiger partial charge in [0.15, 0.2) is 11.7 Å². The Morgan fingerprint density at radius 3 is 2.05 bits per heavy atom. The summed E-state index contributed by atoms with van der Waals surface area (Å²) in [4.78, 5) is 62.1. The standard InChI is InChI=1S/C28H38O11/c1-13-9-10-21(36-17(5)30)27(8)22(37-18(6)31)12-20(35-16(4)29)14(2)11-23-28(34,15(3)26(33)39-23)25(24(13)27)38-19(7)32/h11,15,20-25,34H,1,9-10,12H2,2-8H3/b14-11-/t15-,20+,21-,22-,23-,24+,25-,27+,28+/m0/s1. The Labute approximate surface area is 227 Å². The van der Waals surface area contributed by atoms with E-state index in [0.717, 1.165) is 0 Å². The summed E-state index contributed by atoms with van der Waals surface area (Å²) in [5.74, 6) is -5.42. The highest BCUT2D eigenvalue weighted by Crippen LogP contribution is 2.56. The highest BCUT2D eigenvalue weighted by Gasteiger charge is 2.67. The van der Waals surface area contributed by atoms with Crippen molar-refractivity contribution in [1.82, 2.24) is 0 Å². The second-order valence-corrected chi connectivity index (χ2v) is 11.0. The van der Waals surface area contributed by atoms with Crippen LogP contribution in [-0.2, 0) is 47.7 Å². The molecule has 1 saturated carbocycles. The largest absolute Gasteiger partial charge is 0.462 e. The summed E-state index contributed by atoms with van der Waals surface area (Å²) in [6.07, 6.45) is -3.56. The summed E-state index contributed by atoms with van der Waals surface area (Å²) in [5, 5.41) is 12.3. The smallest absolute Gasteiger partial charge is 0.312 e. The molecule has 0 aromatic carbocycles. The molecule has 0 radical (unpaired) electrons. The monoisotopic (exact) mass is 550 g/mol. The van der Waals surface area contributed by atoms with Crippen LogP contribution in [0, 0.1) is 17.3 Å². The average molecular weight is 551 g/mol. The summed E-state index contributed by atoms with van der Waals surface area (Å²) in [7, 11) is 0. The fourth-order valence-electron chi connectivity index (χ4n) is 6.40. The maximum atomic E-state index is 12.9. The highest BCUT2D eigenvalue weighted by molar-refractivity contribution is 5.78. The van der Waals surface area contributed by atoms with Crippen molar-refractivity contribution in [3.8, 4) is 0 Å². The van der Waals surface area contributed by atoms with Crippen LogP contribution in [0.5, 0.6) is 0 Å². The molecule has 9 atom stereocenters. The van der Waals surface area contributed by atoms with Crippen LogP contribution < -0.4 is 0 Å². The molecule has 1 heterocycles. The lowest BCUT2D eigenvalue weighted by molar-refractivity contribution is -0.221. The molecular formula is C28H38O11. The number of ether oxygens (including phenoxy) is 5. The van der Waals surface area contributed by atoms with Crippen LogP contribution in [0.3, 0.4) is 0 Å². The molecule has 39 heavy (non-hydrogen) atoms. The molecule has 0 unspecified atom stereocenters. The molecule has 3 rings (SSSR count). The van der Waals surface area contributed by atoms with Gasteiger partial charge >= 0.3 is 29.8 Å². The van der Waals surface area contributed by atoms with E-state index in [1.165, 1.54) is 40.7 Å². The van der Waals surface area contributed by atoms with Crippen molar-refractivity contribution in [3.63, 3.8) is 0 Å². The molecule has 0 aromatic heterocycles. The third-order valence-corrected chi connectivity index (χ3v) is 8.30. The first kappa shape index (κ1) is 30.3. The van der Waals surface area contributed by atoms with Gasteiger partial charge in [0.2, 0.25) is 0 Å². The quantitative estimate of drug-likeness (QED) is 0.312. The summed E-state index contributed by atoms with van der Waals surface area (Å²) >= 11 is 0. The van der Waals surface area contributed by atoms with Crippen LogP contribution in [0.25, 0.3) is 0 Å². The number of hydrogen-bond donors (Lipinski definition) is 1. The zero-order valence-electron chi connectivity index (χ0n) is 23.5. The van der Waals surface area contributed by atoms with E-state index in [2.05, 4.69) is 6.58 Å². The van der Waals surface area contributed by atoms with E-state index in [1.807, 2.05) is 0 Å². The van der Waals surface area contributed by atoms with Crippen LogP contribution in [0.1, 0.15) is 67.7 Å². The van der Waals surface area contributed by atoms with Gasteiger partial charge in [-0.3, -0.25) is 24.0 Å². The zero-order valence-corrected chi connectivity index (χ0v) is 23.5. The van der Waals surface area contributed by atoms with Crippen molar-refractivity contribution in [3.05, 3.63) is 23.8 Å². The predicted molar refractivity (Wildman–Crippen MR) is 135 cm³/mol. The van der Waals surface area contributed by atoms with Crippen LogP contribution in [-0.4, -0.2) is 71.1 Å². The van der Waals surface area contributed by atoms with Gasteiger partial charge in [-0.2, -0.15) is 0 Å². The van der Waals surface area contributed by atoms with E-state index >= 15 is 0 Å². The van der Waals surface area contributed by atoms with E-state index < -0.39 is 83.2 Å². The molecular weight excluding hydrogens is 512 g/mol. The van der Waals surface area contributed by atoms with Crippen LogP contribution in [0.2, 0.25) is 0 Å². The first-order chi connectivity index (χ1) is 18.0. The Kier molecular flexibility index (Phi) is 8.64. The van der Waals surface area contributed by atoms with Crippen molar-refractivity contribution in [2.45, 2.75) is 104 Å². The normalized spacial score (nSPS) is 39.6. The molecule has 2 aliphatic carbocycles. The minimum Gasteiger partial charge on any atom is -0.462 e. The molecule has 2 fully saturated rings. The molecule has 3 aliphatic rings. The lowest BCUT2D eigenvalue weighted by Gasteiger charge is -2.55. The van der Waals surface area contributed by atoms with E-state index in [-0.39, 0.29) is 6.42 Å². The van der Waals surface area contributed by atoms with Crippen molar-refractivity contribution in [2.24, 2.45) is 17.3 Å². The molecule has 11 nitrogen and oxygen atoms in total. The maximum Gasteiger partial charge on any atom is 0.312 e. The molecule has 1 saturated heterocycles. The summed E-state index contributed by atoms with van der Waals surface area (Å²) < 4.78 is 28.6. The Hall–Kier alpha value is -3.21. The Morgan fingerprint density at radius 2 is 1.51 bits per heavy atom. The van der Waals surface area contributed by atoms with Crippen LogP contribution in [0.4, 0.5) is 0 Å². The van der Waals surface area contributed by atoms with Gasteiger partial charge in [0.1, 0.15) is 24.4 Å². The highest BCUT2D eigenvalue weighted by atomic mass is 16.6. The van der Waals surface area contributed by atoms with Gasteiger partial charge in [0.05, 0.1) is 11.3 Å². The molecule has 0 aromatic rings. The number of rotatable bonds is 4. The lowest BCUT2D eigenvalue weighted by Crippen LogP contribution is -2.66. The van der Waals surface area contributed by atoms with Crippen molar-refractivity contribution >= 4 is 29.8 Å². The van der Waals surface area contributed by atoms with E-state index in [9.17, 15) is 29.1 Å². The van der Waals surface area contributed by atoms with Gasteiger partial charge in [-0.1, -0.05) is 19.1 Å². The fourth-order valence-corrected chi connectivity index (χ4v) is 6.40. The first-order valence-electron chi connectivity index (χ1n) is 13.0. The van der Waals surface area contributed by atoms with E-state index in [1.54, 1.807) is 13.8 Å². The molecule has 0 spiro atoms.